The van der Waals surface area contributed by atoms with E-state index in [4.69, 9.17) is 4.74 Å². The summed E-state index contributed by atoms with van der Waals surface area (Å²) in [6.45, 7) is 8.80. The SMILES string of the molecule is Cc1ccc([S@@](=O)C[C@H]2CCN(C(=O)OC(C)(C)C)C2)nc1. The predicted octanol–water partition coefficient (Wildman–Crippen LogP) is 2.75. The Morgan fingerprint density at radius 2 is 2.18 bits per heavy atom. The lowest BCUT2D eigenvalue weighted by Crippen LogP contribution is -2.35. The highest BCUT2D eigenvalue weighted by Gasteiger charge is 2.30. The minimum atomic E-state index is -1.12. The molecule has 0 aromatic carbocycles. The van der Waals surface area contributed by atoms with E-state index in [1.165, 1.54) is 0 Å². The van der Waals surface area contributed by atoms with E-state index in [9.17, 15) is 9.00 Å². The minimum Gasteiger partial charge on any atom is -0.444 e. The summed E-state index contributed by atoms with van der Waals surface area (Å²) in [6, 6.07) is 3.73. The van der Waals surface area contributed by atoms with Crippen molar-refractivity contribution in [2.24, 2.45) is 5.92 Å². The molecule has 0 aliphatic carbocycles. The summed E-state index contributed by atoms with van der Waals surface area (Å²) < 4.78 is 17.7. The fourth-order valence-corrected chi connectivity index (χ4v) is 3.61. The average Bonchev–Trinajstić information content (AvgIpc) is 2.86. The van der Waals surface area contributed by atoms with E-state index in [0.717, 1.165) is 12.0 Å². The number of nitrogens with zero attached hydrogens (tertiary/aromatic N) is 2. The summed E-state index contributed by atoms with van der Waals surface area (Å²) in [6.07, 6.45) is 2.31. The molecule has 1 saturated heterocycles. The van der Waals surface area contributed by atoms with Crippen LogP contribution in [0.25, 0.3) is 0 Å². The summed E-state index contributed by atoms with van der Waals surface area (Å²) in [5, 5.41) is 0.612. The van der Waals surface area contributed by atoms with Gasteiger partial charge in [-0.1, -0.05) is 6.07 Å². The molecule has 0 spiro atoms. The number of ether oxygens (including phenoxy) is 1. The highest BCUT2D eigenvalue weighted by molar-refractivity contribution is 7.84. The maximum atomic E-state index is 12.3. The number of likely N-dealkylation sites (tertiary alicyclic amines) is 1. The molecule has 0 saturated carbocycles. The van der Waals surface area contributed by atoms with Crippen LogP contribution in [0.2, 0.25) is 0 Å². The van der Waals surface area contributed by atoms with E-state index in [1.54, 1.807) is 11.1 Å². The Bertz CT molecular complexity index is 552. The first kappa shape index (κ1) is 16.9. The Kier molecular flexibility index (Phi) is 5.21. The Labute approximate surface area is 134 Å². The van der Waals surface area contributed by atoms with E-state index < -0.39 is 16.4 Å². The minimum absolute atomic E-state index is 0.233. The van der Waals surface area contributed by atoms with Crippen molar-refractivity contribution in [2.75, 3.05) is 18.8 Å². The Balaban J connectivity index is 1.87. The van der Waals surface area contributed by atoms with Crippen LogP contribution in [0.3, 0.4) is 0 Å². The van der Waals surface area contributed by atoms with E-state index in [2.05, 4.69) is 4.98 Å². The quantitative estimate of drug-likeness (QED) is 0.858. The van der Waals surface area contributed by atoms with E-state index in [1.807, 2.05) is 39.8 Å². The number of hydrogen-bond donors (Lipinski definition) is 0. The molecule has 2 rings (SSSR count). The van der Waals surface area contributed by atoms with Gasteiger partial charge in [0.15, 0.2) is 0 Å². The number of amides is 1. The molecule has 1 aromatic rings. The van der Waals surface area contributed by atoms with Gasteiger partial charge in [0.2, 0.25) is 0 Å². The average molecular weight is 324 g/mol. The number of aryl methyl sites for hydroxylation is 1. The van der Waals surface area contributed by atoms with Crippen molar-refractivity contribution in [1.82, 2.24) is 9.88 Å². The summed E-state index contributed by atoms with van der Waals surface area (Å²) in [5.74, 6) is 0.770. The standard InChI is InChI=1S/C16H24N2O3S/c1-12-5-6-14(17-9-12)22(20)11-13-7-8-18(10-13)15(19)21-16(2,3)4/h5-6,9,13H,7-8,10-11H2,1-4H3/t13-,22-/m0/s1. The fourth-order valence-electron chi connectivity index (χ4n) is 2.35. The zero-order valence-corrected chi connectivity index (χ0v) is 14.5. The number of carbonyl (C=O) groups excluding carboxylic acids is 1. The van der Waals surface area contributed by atoms with Gasteiger partial charge in [-0.25, -0.2) is 9.78 Å². The van der Waals surface area contributed by atoms with Gasteiger partial charge in [0.1, 0.15) is 10.6 Å². The van der Waals surface area contributed by atoms with Crippen molar-refractivity contribution in [1.29, 1.82) is 0 Å². The lowest BCUT2D eigenvalue weighted by molar-refractivity contribution is 0.0289. The van der Waals surface area contributed by atoms with Crippen LogP contribution in [0.4, 0.5) is 4.79 Å². The van der Waals surface area contributed by atoms with Gasteiger partial charge in [-0.15, -0.1) is 0 Å². The third-order valence-electron chi connectivity index (χ3n) is 3.44. The smallest absolute Gasteiger partial charge is 0.410 e. The van der Waals surface area contributed by atoms with Crippen LogP contribution < -0.4 is 0 Å². The van der Waals surface area contributed by atoms with Crippen molar-refractivity contribution in [3.63, 3.8) is 0 Å². The second-order valence-corrected chi connectivity index (χ2v) is 8.21. The van der Waals surface area contributed by atoms with Crippen molar-refractivity contribution in [3.8, 4) is 0 Å². The molecule has 122 valence electrons. The first-order valence-electron chi connectivity index (χ1n) is 7.53. The molecule has 1 fully saturated rings. The fraction of sp³-hybridized carbons (Fsp3) is 0.625. The zero-order chi connectivity index (χ0) is 16.3. The summed E-state index contributed by atoms with van der Waals surface area (Å²) in [7, 11) is -1.12. The zero-order valence-electron chi connectivity index (χ0n) is 13.7. The number of aromatic nitrogens is 1. The molecular weight excluding hydrogens is 300 g/mol. The first-order chi connectivity index (χ1) is 10.2. The van der Waals surface area contributed by atoms with E-state index in [-0.39, 0.29) is 12.0 Å². The lowest BCUT2D eigenvalue weighted by Gasteiger charge is -2.24. The molecule has 1 amide bonds. The third-order valence-corrected chi connectivity index (χ3v) is 4.92. The molecule has 2 atom stereocenters. The van der Waals surface area contributed by atoms with E-state index >= 15 is 0 Å². The van der Waals surface area contributed by atoms with Crippen LogP contribution in [0.15, 0.2) is 23.4 Å². The molecule has 2 heterocycles. The van der Waals surface area contributed by atoms with Crippen molar-refractivity contribution < 1.29 is 13.7 Å². The predicted molar refractivity (Wildman–Crippen MR) is 86.2 cm³/mol. The lowest BCUT2D eigenvalue weighted by atomic mass is 10.2. The molecule has 1 aromatic heterocycles. The first-order valence-corrected chi connectivity index (χ1v) is 8.85. The van der Waals surface area contributed by atoms with Gasteiger partial charge in [0.05, 0.1) is 10.8 Å². The molecule has 0 radical (unpaired) electrons. The molecule has 0 N–H and O–H groups in total. The van der Waals surface area contributed by atoms with Crippen LogP contribution in [0, 0.1) is 12.8 Å². The number of pyridine rings is 1. The van der Waals surface area contributed by atoms with Crippen LogP contribution in [-0.2, 0) is 15.5 Å². The molecule has 0 unspecified atom stereocenters. The third kappa shape index (κ3) is 4.80. The highest BCUT2D eigenvalue weighted by atomic mass is 32.2. The summed E-state index contributed by atoms with van der Waals surface area (Å²) in [5.41, 5.74) is 0.571. The monoisotopic (exact) mass is 324 g/mol. The Morgan fingerprint density at radius 3 is 2.77 bits per heavy atom. The summed E-state index contributed by atoms with van der Waals surface area (Å²) in [4.78, 5) is 17.9. The maximum absolute atomic E-state index is 12.3. The van der Waals surface area contributed by atoms with Gasteiger partial charge in [-0.3, -0.25) is 4.21 Å². The second kappa shape index (κ2) is 6.77. The summed E-state index contributed by atoms with van der Waals surface area (Å²) >= 11 is 0. The topological polar surface area (TPSA) is 59.5 Å². The Morgan fingerprint density at radius 1 is 1.45 bits per heavy atom. The van der Waals surface area contributed by atoms with Crippen molar-refractivity contribution in [2.45, 2.75) is 44.7 Å². The molecule has 5 nitrogen and oxygen atoms in total. The van der Waals surface area contributed by atoms with E-state index in [0.29, 0.717) is 23.9 Å². The maximum Gasteiger partial charge on any atom is 0.410 e. The van der Waals surface area contributed by atoms with Crippen molar-refractivity contribution in [3.05, 3.63) is 23.9 Å². The number of hydrogen-bond acceptors (Lipinski definition) is 4. The normalized spacial score (nSPS) is 20.0. The van der Waals surface area contributed by atoms with Crippen LogP contribution in [0.5, 0.6) is 0 Å². The van der Waals surface area contributed by atoms with Gasteiger partial charge in [-0.2, -0.15) is 0 Å². The molecule has 1 aliphatic rings. The number of rotatable bonds is 3. The van der Waals surface area contributed by atoms with Gasteiger partial charge < -0.3 is 9.64 Å². The van der Waals surface area contributed by atoms with Crippen LogP contribution in [0.1, 0.15) is 32.8 Å². The largest absolute Gasteiger partial charge is 0.444 e. The highest BCUT2D eigenvalue weighted by Crippen LogP contribution is 2.21. The van der Waals surface area contributed by atoms with Gasteiger partial charge in [0.25, 0.3) is 0 Å². The second-order valence-electron chi connectivity index (χ2n) is 6.77. The van der Waals surface area contributed by atoms with Gasteiger partial charge >= 0.3 is 6.09 Å². The molecule has 0 bridgehead atoms. The molecular formula is C16H24N2O3S. The number of carbonyl (C=O) groups is 1. The van der Waals surface area contributed by atoms with Gasteiger partial charge in [-0.05, 0) is 51.7 Å². The van der Waals surface area contributed by atoms with Crippen molar-refractivity contribution >= 4 is 16.9 Å². The van der Waals surface area contributed by atoms with Crippen LogP contribution >= 0.6 is 0 Å². The van der Waals surface area contributed by atoms with Gasteiger partial charge in [0, 0.05) is 25.0 Å². The molecule has 1 aliphatic heterocycles. The Hall–Kier alpha value is -1.43. The van der Waals surface area contributed by atoms with Crippen LogP contribution in [-0.4, -0.2) is 44.6 Å². The molecule has 6 heteroatoms. The molecule has 22 heavy (non-hydrogen) atoms.